The van der Waals surface area contributed by atoms with Crippen LogP contribution < -0.4 is 5.73 Å². The van der Waals surface area contributed by atoms with Crippen molar-refractivity contribution in [3.05, 3.63) is 67.9 Å². The van der Waals surface area contributed by atoms with E-state index in [1.165, 1.54) is 12.1 Å². The van der Waals surface area contributed by atoms with Crippen LogP contribution in [0, 0.1) is 5.82 Å². The third-order valence-corrected chi connectivity index (χ3v) is 4.52. The summed E-state index contributed by atoms with van der Waals surface area (Å²) in [6, 6.07) is 10.5. The van der Waals surface area contributed by atoms with Crippen molar-refractivity contribution < 1.29 is 4.39 Å². The quantitative estimate of drug-likeness (QED) is 0.721. The van der Waals surface area contributed by atoms with Gasteiger partial charge in [-0.1, -0.05) is 57.3 Å². The van der Waals surface area contributed by atoms with E-state index in [0.29, 0.717) is 17.0 Å². The van der Waals surface area contributed by atoms with Crippen LogP contribution in [0.5, 0.6) is 0 Å². The van der Waals surface area contributed by atoms with E-state index in [2.05, 4.69) is 15.9 Å². The van der Waals surface area contributed by atoms with Crippen molar-refractivity contribution in [1.82, 2.24) is 0 Å². The van der Waals surface area contributed by atoms with Crippen LogP contribution in [0.15, 0.2) is 40.9 Å². The first-order valence-electron chi connectivity index (χ1n) is 5.98. The molecule has 106 valence electrons. The van der Waals surface area contributed by atoms with Crippen molar-refractivity contribution in [2.45, 2.75) is 18.9 Å². The van der Waals surface area contributed by atoms with Gasteiger partial charge in [0.25, 0.3) is 0 Å². The smallest absolute Gasteiger partial charge is 0.142 e. The fraction of sp³-hybridized carbons (Fsp3) is 0.200. The zero-order valence-electron chi connectivity index (χ0n) is 10.8. The molecule has 0 heterocycles. The predicted octanol–water partition coefficient (Wildman–Crippen LogP) is 5.31. The Hall–Kier alpha value is -0.610. The van der Waals surface area contributed by atoms with Gasteiger partial charge in [0.1, 0.15) is 5.82 Å². The lowest BCUT2D eigenvalue weighted by Gasteiger charge is -2.27. The van der Waals surface area contributed by atoms with Crippen LogP contribution >= 0.6 is 39.1 Å². The molecule has 2 N–H and O–H groups in total. The van der Waals surface area contributed by atoms with Gasteiger partial charge in [-0.25, -0.2) is 4.39 Å². The summed E-state index contributed by atoms with van der Waals surface area (Å²) in [6.45, 7) is 1.82. The van der Waals surface area contributed by atoms with E-state index in [1.54, 1.807) is 0 Å². The highest BCUT2D eigenvalue weighted by molar-refractivity contribution is 9.10. The lowest BCUT2D eigenvalue weighted by atomic mass is 9.86. The molecule has 1 atom stereocenters. The average molecular weight is 377 g/mol. The van der Waals surface area contributed by atoms with E-state index in [-0.39, 0.29) is 5.02 Å². The van der Waals surface area contributed by atoms with Gasteiger partial charge in [-0.15, -0.1) is 0 Å². The standard InChI is InChI=1S/C15H13BrCl2FN/c1-15(20,8-9-4-2-3-5-11(9)16)10-6-14(19)13(18)7-12(10)17/h2-7H,8,20H2,1H3. The van der Waals surface area contributed by atoms with Gasteiger partial charge < -0.3 is 5.73 Å². The highest BCUT2D eigenvalue weighted by Crippen LogP contribution is 2.34. The first-order valence-corrected chi connectivity index (χ1v) is 7.53. The first-order chi connectivity index (χ1) is 9.31. The predicted molar refractivity (Wildman–Crippen MR) is 85.8 cm³/mol. The molecule has 0 aliphatic rings. The Morgan fingerprint density at radius 2 is 1.85 bits per heavy atom. The minimum absolute atomic E-state index is 0.00422. The molecule has 0 amide bonds. The molecule has 2 aromatic carbocycles. The number of nitrogens with two attached hydrogens (primary N) is 1. The van der Waals surface area contributed by atoms with Crippen LogP contribution in [-0.2, 0) is 12.0 Å². The topological polar surface area (TPSA) is 26.0 Å². The zero-order chi connectivity index (χ0) is 14.9. The van der Waals surface area contributed by atoms with Crippen LogP contribution in [0.4, 0.5) is 4.39 Å². The second-order valence-electron chi connectivity index (χ2n) is 4.93. The van der Waals surface area contributed by atoms with E-state index >= 15 is 0 Å². The van der Waals surface area contributed by atoms with Gasteiger partial charge in [-0.05, 0) is 42.7 Å². The monoisotopic (exact) mass is 375 g/mol. The summed E-state index contributed by atoms with van der Waals surface area (Å²) in [4.78, 5) is 0. The summed E-state index contributed by atoms with van der Waals surface area (Å²) >= 11 is 15.3. The minimum atomic E-state index is -0.799. The van der Waals surface area contributed by atoms with Gasteiger partial charge in [-0.2, -0.15) is 0 Å². The molecule has 0 aromatic heterocycles. The number of halogens is 4. The maximum Gasteiger partial charge on any atom is 0.142 e. The molecule has 2 aromatic rings. The number of rotatable bonds is 3. The fourth-order valence-corrected chi connectivity index (χ4v) is 3.12. The third-order valence-electron chi connectivity index (χ3n) is 3.14. The maximum absolute atomic E-state index is 13.7. The first kappa shape index (κ1) is 15.8. The molecule has 0 saturated carbocycles. The largest absolute Gasteiger partial charge is 0.321 e. The molecule has 20 heavy (non-hydrogen) atoms. The summed E-state index contributed by atoms with van der Waals surface area (Å²) < 4.78 is 14.6. The van der Waals surface area contributed by atoms with Crippen molar-refractivity contribution >= 4 is 39.1 Å². The molecular formula is C15H13BrCl2FN. The lowest BCUT2D eigenvalue weighted by molar-refractivity contribution is 0.486. The average Bonchev–Trinajstić information content (AvgIpc) is 2.36. The minimum Gasteiger partial charge on any atom is -0.321 e. The zero-order valence-corrected chi connectivity index (χ0v) is 13.9. The SMILES string of the molecule is CC(N)(Cc1ccccc1Br)c1cc(F)c(Cl)cc1Cl. The summed E-state index contributed by atoms with van der Waals surface area (Å²) in [7, 11) is 0. The molecule has 0 bridgehead atoms. The van der Waals surface area contributed by atoms with Crippen molar-refractivity contribution in [2.24, 2.45) is 5.73 Å². The molecule has 2 rings (SSSR count). The van der Waals surface area contributed by atoms with Crippen molar-refractivity contribution in [1.29, 1.82) is 0 Å². The van der Waals surface area contributed by atoms with E-state index in [1.807, 2.05) is 31.2 Å². The Labute approximate surface area is 136 Å². The molecule has 0 fully saturated rings. The Kier molecular flexibility index (Phi) is 4.75. The Morgan fingerprint density at radius 1 is 1.20 bits per heavy atom. The van der Waals surface area contributed by atoms with E-state index < -0.39 is 11.4 Å². The molecule has 0 radical (unpaired) electrons. The molecule has 0 saturated heterocycles. The lowest BCUT2D eigenvalue weighted by Crippen LogP contribution is -2.36. The molecule has 0 aliphatic carbocycles. The van der Waals surface area contributed by atoms with Crippen molar-refractivity contribution in [2.75, 3.05) is 0 Å². The highest BCUT2D eigenvalue weighted by Gasteiger charge is 2.26. The van der Waals surface area contributed by atoms with Gasteiger partial charge in [0.15, 0.2) is 0 Å². The van der Waals surface area contributed by atoms with Gasteiger partial charge in [0.2, 0.25) is 0 Å². The van der Waals surface area contributed by atoms with E-state index in [0.717, 1.165) is 10.0 Å². The van der Waals surface area contributed by atoms with Gasteiger partial charge in [0, 0.05) is 15.0 Å². The van der Waals surface area contributed by atoms with Gasteiger partial charge >= 0.3 is 0 Å². The summed E-state index contributed by atoms with van der Waals surface area (Å²) in [6.07, 6.45) is 0.523. The summed E-state index contributed by atoms with van der Waals surface area (Å²) in [5.74, 6) is -0.519. The summed E-state index contributed by atoms with van der Waals surface area (Å²) in [5, 5.41) is 0.365. The molecule has 1 unspecified atom stereocenters. The van der Waals surface area contributed by atoms with Gasteiger partial charge in [0.05, 0.1) is 5.02 Å². The van der Waals surface area contributed by atoms with Gasteiger partial charge in [-0.3, -0.25) is 0 Å². The molecule has 0 aliphatic heterocycles. The Morgan fingerprint density at radius 3 is 2.50 bits per heavy atom. The molecule has 1 nitrogen and oxygen atoms in total. The molecular weight excluding hydrogens is 364 g/mol. The number of hydrogen-bond acceptors (Lipinski definition) is 1. The highest BCUT2D eigenvalue weighted by atomic mass is 79.9. The van der Waals surface area contributed by atoms with Crippen LogP contribution in [0.3, 0.4) is 0 Å². The van der Waals surface area contributed by atoms with Crippen LogP contribution in [0.2, 0.25) is 10.0 Å². The summed E-state index contributed by atoms with van der Waals surface area (Å²) in [5.41, 5.74) is 7.11. The van der Waals surface area contributed by atoms with Crippen LogP contribution in [0.25, 0.3) is 0 Å². The normalized spacial score (nSPS) is 14.1. The van der Waals surface area contributed by atoms with E-state index in [9.17, 15) is 4.39 Å². The van der Waals surface area contributed by atoms with Crippen LogP contribution in [0.1, 0.15) is 18.1 Å². The second kappa shape index (κ2) is 6.02. The third kappa shape index (κ3) is 3.34. The Balaban J connectivity index is 2.40. The molecule has 0 spiro atoms. The second-order valence-corrected chi connectivity index (χ2v) is 6.60. The molecule has 5 heteroatoms. The fourth-order valence-electron chi connectivity index (χ4n) is 2.09. The number of hydrogen-bond donors (Lipinski definition) is 1. The Bertz CT molecular complexity index is 644. The van der Waals surface area contributed by atoms with Crippen LogP contribution in [-0.4, -0.2) is 0 Å². The van der Waals surface area contributed by atoms with Crippen molar-refractivity contribution in [3.63, 3.8) is 0 Å². The number of benzene rings is 2. The van der Waals surface area contributed by atoms with Crippen molar-refractivity contribution in [3.8, 4) is 0 Å². The van der Waals surface area contributed by atoms with E-state index in [4.69, 9.17) is 28.9 Å². The maximum atomic E-state index is 13.7.